The number of carboxylic acid groups (broad SMARTS) is 1. The van der Waals surface area contributed by atoms with Crippen molar-refractivity contribution in [2.75, 3.05) is 5.73 Å². The van der Waals surface area contributed by atoms with E-state index in [-0.39, 0.29) is 17.3 Å². The van der Waals surface area contributed by atoms with Crippen LogP contribution in [-0.2, 0) is 0 Å². The van der Waals surface area contributed by atoms with Crippen molar-refractivity contribution < 1.29 is 14.3 Å². The number of rotatable bonds is 5. The number of hydrogen-bond acceptors (Lipinski definition) is 3. The number of aromatic nitrogens is 1. The summed E-state index contributed by atoms with van der Waals surface area (Å²) in [5.41, 5.74) is 11.1. The van der Waals surface area contributed by atoms with Crippen molar-refractivity contribution in [1.82, 2.24) is 4.57 Å². The molecule has 0 bridgehead atoms. The number of aromatic carboxylic acids is 1. The standard InChI is InChI=1S/C25H22FN3O2/c1-14(2)24-23(15-7-9-16(10-8-15)25(30)31)18-12-20(28)17(13-27)11-22(18)29(24)21-6-4-3-5-19(21)26/h3-14,27H,28H2,1-2H3,(H,30,31). The molecule has 0 atom stereocenters. The topological polar surface area (TPSA) is 92.1 Å². The molecule has 0 aliphatic heterocycles. The molecule has 0 aliphatic rings. The van der Waals surface area contributed by atoms with Crippen molar-refractivity contribution in [2.24, 2.45) is 0 Å². The summed E-state index contributed by atoms with van der Waals surface area (Å²) >= 11 is 0. The molecule has 6 heteroatoms. The monoisotopic (exact) mass is 415 g/mol. The molecule has 1 aromatic heterocycles. The van der Waals surface area contributed by atoms with E-state index in [0.29, 0.717) is 16.9 Å². The van der Waals surface area contributed by atoms with E-state index < -0.39 is 5.97 Å². The molecule has 4 N–H and O–H groups in total. The molecule has 0 spiro atoms. The third-order valence-corrected chi connectivity index (χ3v) is 5.42. The fraction of sp³-hybridized carbons (Fsp3) is 0.120. The normalized spacial score (nSPS) is 11.2. The molecule has 4 rings (SSSR count). The SMILES string of the molecule is CC(C)c1c(-c2ccc(C(=O)O)cc2)c2cc(N)c(C=N)cc2n1-c1ccccc1F. The van der Waals surface area contributed by atoms with Crippen molar-refractivity contribution in [1.29, 1.82) is 5.41 Å². The number of nitrogen functional groups attached to an aromatic ring is 1. The zero-order valence-corrected chi connectivity index (χ0v) is 17.2. The summed E-state index contributed by atoms with van der Waals surface area (Å²) in [7, 11) is 0. The predicted octanol–water partition coefficient (Wildman–Crippen LogP) is 5.84. The number of nitrogens with one attached hydrogen (secondary N) is 1. The maximum atomic E-state index is 14.9. The number of nitrogens with zero attached hydrogens (tertiary/aromatic N) is 1. The van der Waals surface area contributed by atoms with Crippen LogP contribution >= 0.6 is 0 Å². The highest BCUT2D eigenvalue weighted by molar-refractivity contribution is 6.04. The number of carbonyl (C=O) groups is 1. The Kier molecular flexibility index (Phi) is 5.07. The van der Waals surface area contributed by atoms with Gasteiger partial charge in [-0.25, -0.2) is 9.18 Å². The fourth-order valence-electron chi connectivity index (χ4n) is 4.03. The second-order valence-electron chi connectivity index (χ2n) is 7.73. The Balaban J connectivity index is 2.16. The number of para-hydroxylation sites is 1. The van der Waals surface area contributed by atoms with Gasteiger partial charge in [0.15, 0.2) is 0 Å². The number of carboxylic acids is 1. The van der Waals surface area contributed by atoms with Gasteiger partial charge in [-0.05, 0) is 47.9 Å². The van der Waals surface area contributed by atoms with Crippen LogP contribution in [0.1, 0.15) is 41.4 Å². The predicted molar refractivity (Wildman–Crippen MR) is 122 cm³/mol. The number of halogens is 1. The number of hydrogen-bond donors (Lipinski definition) is 3. The lowest BCUT2D eigenvalue weighted by Crippen LogP contribution is -2.05. The van der Waals surface area contributed by atoms with Gasteiger partial charge in [0.2, 0.25) is 0 Å². The second-order valence-corrected chi connectivity index (χ2v) is 7.73. The molecule has 4 aromatic rings. The summed E-state index contributed by atoms with van der Waals surface area (Å²) in [6, 6.07) is 16.8. The van der Waals surface area contributed by atoms with Crippen molar-refractivity contribution in [2.45, 2.75) is 19.8 Å². The van der Waals surface area contributed by atoms with Gasteiger partial charge >= 0.3 is 5.97 Å². The van der Waals surface area contributed by atoms with E-state index >= 15 is 0 Å². The van der Waals surface area contributed by atoms with Crippen molar-refractivity contribution in [3.8, 4) is 16.8 Å². The smallest absolute Gasteiger partial charge is 0.335 e. The van der Waals surface area contributed by atoms with E-state index in [4.69, 9.17) is 11.1 Å². The Morgan fingerprint density at radius 1 is 1.13 bits per heavy atom. The number of nitrogens with two attached hydrogens (primary N) is 1. The van der Waals surface area contributed by atoms with E-state index in [0.717, 1.165) is 27.7 Å². The van der Waals surface area contributed by atoms with Gasteiger partial charge in [0.05, 0.1) is 16.8 Å². The summed E-state index contributed by atoms with van der Waals surface area (Å²) in [4.78, 5) is 11.3. The van der Waals surface area contributed by atoms with Crippen molar-refractivity contribution >= 4 is 28.8 Å². The molecule has 0 saturated heterocycles. The Morgan fingerprint density at radius 3 is 2.39 bits per heavy atom. The van der Waals surface area contributed by atoms with Crippen molar-refractivity contribution in [3.63, 3.8) is 0 Å². The Morgan fingerprint density at radius 2 is 1.81 bits per heavy atom. The molecular formula is C25H22FN3O2. The molecule has 31 heavy (non-hydrogen) atoms. The average Bonchev–Trinajstić information content (AvgIpc) is 3.07. The molecule has 156 valence electrons. The van der Waals surface area contributed by atoms with E-state index in [9.17, 15) is 14.3 Å². The van der Waals surface area contributed by atoms with Crippen molar-refractivity contribution in [3.05, 3.63) is 83.3 Å². The minimum atomic E-state index is -0.996. The van der Waals surface area contributed by atoms with E-state index in [1.807, 2.05) is 18.4 Å². The van der Waals surface area contributed by atoms with Crippen LogP contribution < -0.4 is 5.73 Å². The lowest BCUT2D eigenvalue weighted by molar-refractivity contribution is 0.0697. The molecule has 3 aromatic carbocycles. The minimum Gasteiger partial charge on any atom is -0.478 e. The van der Waals surface area contributed by atoms with Gasteiger partial charge in [-0.15, -0.1) is 0 Å². The lowest BCUT2D eigenvalue weighted by atomic mass is 9.95. The molecule has 1 heterocycles. The Bertz CT molecular complexity index is 1320. The largest absolute Gasteiger partial charge is 0.478 e. The average molecular weight is 415 g/mol. The second kappa shape index (κ2) is 7.72. The minimum absolute atomic E-state index is 0.0193. The van der Waals surface area contributed by atoms with Gasteiger partial charge in [-0.1, -0.05) is 38.1 Å². The maximum absolute atomic E-state index is 14.9. The van der Waals surface area contributed by atoms with Gasteiger partial charge in [0.25, 0.3) is 0 Å². The van der Waals surface area contributed by atoms with Crippen LogP contribution in [0.5, 0.6) is 0 Å². The Hall–Kier alpha value is -3.93. The molecule has 0 amide bonds. The van der Waals surface area contributed by atoms with Crippen LogP contribution in [0.3, 0.4) is 0 Å². The number of anilines is 1. The number of fused-ring (bicyclic) bond motifs is 1. The summed E-state index contributed by atoms with van der Waals surface area (Å²) in [6.07, 6.45) is 1.18. The molecule has 0 aliphatic carbocycles. The summed E-state index contributed by atoms with van der Waals surface area (Å²) in [5.74, 6) is -1.34. The molecule has 0 fully saturated rings. The quantitative estimate of drug-likeness (QED) is 0.282. The summed E-state index contributed by atoms with van der Waals surface area (Å²) in [5, 5.41) is 17.8. The van der Waals surface area contributed by atoms with Crippen LogP contribution in [0.15, 0.2) is 60.7 Å². The molecule has 0 saturated carbocycles. The first-order valence-corrected chi connectivity index (χ1v) is 9.90. The third-order valence-electron chi connectivity index (χ3n) is 5.42. The lowest BCUT2D eigenvalue weighted by Gasteiger charge is -2.16. The first kappa shape index (κ1) is 20.3. The van der Waals surface area contributed by atoms with Gasteiger partial charge in [0.1, 0.15) is 5.82 Å². The summed E-state index contributed by atoms with van der Waals surface area (Å²) in [6.45, 7) is 4.06. The highest BCUT2D eigenvalue weighted by atomic mass is 19.1. The van der Waals surface area contributed by atoms with Gasteiger partial charge in [0, 0.05) is 34.1 Å². The zero-order valence-electron chi connectivity index (χ0n) is 17.2. The fourth-order valence-corrected chi connectivity index (χ4v) is 4.03. The van der Waals surface area contributed by atoms with Crippen LogP contribution in [0.25, 0.3) is 27.7 Å². The van der Waals surface area contributed by atoms with E-state index in [1.54, 1.807) is 54.6 Å². The Labute approximate surface area is 179 Å². The molecular weight excluding hydrogens is 393 g/mol. The highest BCUT2D eigenvalue weighted by Crippen LogP contribution is 2.42. The van der Waals surface area contributed by atoms with Gasteiger partial charge < -0.3 is 20.8 Å². The van der Waals surface area contributed by atoms with Gasteiger partial charge in [-0.3, -0.25) is 0 Å². The van der Waals surface area contributed by atoms with E-state index in [1.165, 1.54) is 12.3 Å². The zero-order chi connectivity index (χ0) is 22.3. The van der Waals surface area contributed by atoms with Crippen LogP contribution in [0.4, 0.5) is 10.1 Å². The van der Waals surface area contributed by atoms with Crippen LogP contribution in [0, 0.1) is 11.2 Å². The summed E-state index contributed by atoms with van der Waals surface area (Å²) < 4.78 is 16.8. The highest BCUT2D eigenvalue weighted by Gasteiger charge is 2.24. The number of benzene rings is 3. The van der Waals surface area contributed by atoms with Crippen LogP contribution in [0.2, 0.25) is 0 Å². The maximum Gasteiger partial charge on any atom is 0.335 e. The third kappa shape index (κ3) is 3.36. The molecule has 5 nitrogen and oxygen atoms in total. The van der Waals surface area contributed by atoms with Crippen LogP contribution in [-0.4, -0.2) is 21.9 Å². The molecule has 0 radical (unpaired) electrons. The first-order chi connectivity index (χ1) is 14.8. The first-order valence-electron chi connectivity index (χ1n) is 9.90. The van der Waals surface area contributed by atoms with E-state index in [2.05, 4.69) is 0 Å². The molecule has 0 unspecified atom stereocenters. The van der Waals surface area contributed by atoms with Gasteiger partial charge in [-0.2, -0.15) is 0 Å².